The minimum atomic E-state index is -0.526. The van der Waals surface area contributed by atoms with Gasteiger partial charge < -0.3 is 14.0 Å². The summed E-state index contributed by atoms with van der Waals surface area (Å²) in [6.07, 6.45) is 0. The highest BCUT2D eigenvalue weighted by atomic mass is 19.1. The summed E-state index contributed by atoms with van der Waals surface area (Å²) >= 11 is 0. The van der Waals surface area contributed by atoms with Gasteiger partial charge in [0.1, 0.15) is 22.8 Å². The zero-order valence-electron chi connectivity index (χ0n) is 18.9. The van der Waals surface area contributed by atoms with Crippen LogP contribution in [-0.2, 0) is 13.6 Å². The first kappa shape index (κ1) is 21.5. The van der Waals surface area contributed by atoms with E-state index in [2.05, 4.69) is 0 Å². The Morgan fingerprint density at radius 2 is 1.56 bits per heavy atom. The minimum absolute atomic E-state index is 0.0832. The number of methoxy groups -OCH3 is 2. The first-order valence-electron chi connectivity index (χ1n) is 10.6. The molecule has 34 heavy (non-hydrogen) atoms. The minimum Gasteiger partial charge on any atom is -0.497 e. The van der Waals surface area contributed by atoms with E-state index in [0.29, 0.717) is 39.2 Å². The molecule has 0 fully saturated rings. The van der Waals surface area contributed by atoms with Crippen molar-refractivity contribution in [2.45, 2.75) is 6.54 Å². The summed E-state index contributed by atoms with van der Waals surface area (Å²) in [5.41, 5.74) is 1.64. The van der Waals surface area contributed by atoms with E-state index >= 15 is 0 Å². The topological polar surface area (TPSA) is 67.4 Å². The normalized spacial score (nSPS) is 11.3. The summed E-state index contributed by atoms with van der Waals surface area (Å²) in [6, 6.07) is 18.2. The fourth-order valence-corrected chi connectivity index (χ4v) is 4.38. The Balaban J connectivity index is 1.91. The number of rotatable bonds is 5. The smallest absolute Gasteiger partial charge is 0.336 e. The Kier molecular flexibility index (Phi) is 5.20. The van der Waals surface area contributed by atoms with Crippen molar-refractivity contribution in [1.82, 2.24) is 13.7 Å². The fraction of sp³-hybridized carbons (Fsp3) is 0.154. The van der Waals surface area contributed by atoms with Gasteiger partial charge in [-0.1, -0.05) is 12.1 Å². The standard InChI is InChI=1S/C26H22FN3O4/c1-28-22-12-11-20(34-3)14-21(22)23-24(28)25(31)30(18-7-9-19(33-2)10-8-18)26(32)29(23)15-16-5-4-6-17(27)13-16/h4-14H,15H2,1-3H3. The molecule has 7 nitrogen and oxygen atoms in total. The number of nitrogens with zero attached hydrogens (tertiary/aromatic N) is 3. The molecule has 5 rings (SSSR count). The highest BCUT2D eigenvalue weighted by molar-refractivity contribution is 6.06. The Labute approximate surface area is 193 Å². The lowest BCUT2D eigenvalue weighted by atomic mass is 10.2. The first-order chi connectivity index (χ1) is 16.4. The molecule has 0 atom stereocenters. The zero-order valence-corrected chi connectivity index (χ0v) is 18.9. The largest absolute Gasteiger partial charge is 0.497 e. The van der Waals surface area contributed by atoms with Crippen LogP contribution in [0.3, 0.4) is 0 Å². The van der Waals surface area contributed by atoms with Crippen LogP contribution in [0.15, 0.2) is 76.3 Å². The van der Waals surface area contributed by atoms with Crippen LogP contribution in [-0.4, -0.2) is 27.9 Å². The summed E-state index contributed by atoms with van der Waals surface area (Å²) in [4.78, 5) is 27.5. The van der Waals surface area contributed by atoms with E-state index in [1.165, 1.54) is 16.7 Å². The Bertz CT molecular complexity index is 1660. The summed E-state index contributed by atoms with van der Waals surface area (Å²) in [7, 11) is 4.89. The van der Waals surface area contributed by atoms with Gasteiger partial charge in [0.15, 0.2) is 0 Å². The van der Waals surface area contributed by atoms with Crippen molar-refractivity contribution in [3.8, 4) is 17.2 Å². The van der Waals surface area contributed by atoms with Gasteiger partial charge in [-0.25, -0.2) is 13.8 Å². The Morgan fingerprint density at radius 3 is 2.24 bits per heavy atom. The third-order valence-electron chi connectivity index (χ3n) is 6.04. The van der Waals surface area contributed by atoms with Crippen LogP contribution in [0.2, 0.25) is 0 Å². The second-order valence-corrected chi connectivity index (χ2v) is 7.98. The molecule has 0 aliphatic heterocycles. The molecule has 0 saturated carbocycles. The molecule has 8 heteroatoms. The molecule has 0 aliphatic rings. The molecule has 0 N–H and O–H groups in total. The molecule has 172 valence electrons. The predicted octanol–water partition coefficient (Wildman–Crippen LogP) is 3.85. The maximum atomic E-state index is 13.9. The number of benzene rings is 3. The number of halogens is 1. The van der Waals surface area contributed by atoms with Crippen molar-refractivity contribution in [2.75, 3.05) is 14.2 Å². The van der Waals surface area contributed by atoms with E-state index in [9.17, 15) is 14.0 Å². The van der Waals surface area contributed by atoms with Crippen LogP contribution in [0.4, 0.5) is 4.39 Å². The number of ether oxygens (including phenoxy) is 2. The monoisotopic (exact) mass is 459 g/mol. The van der Waals surface area contributed by atoms with Crippen molar-refractivity contribution < 1.29 is 13.9 Å². The predicted molar refractivity (Wildman–Crippen MR) is 129 cm³/mol. The van der Waals surface area contributed by atoms with Crippen LogP contribution in [0, 0.1) is 5.82 Å². The highest BCUT2D eigenvalue weighted by Crippen LogP contribution is 2.29. The fourth-order valence-electron chi connectivity index (χ4n) is 4.38. The van der Waals surface area contributed by atoms with Gasteiger partial charge in [0.2, 0.25) is 0 Å². The van der Waals surface area contributed by atoms with Crippen LogP contribution in [0.5, 0.6) is 11.5 Å². The molecule has 0 aliphatic carbocycles. The molecule has 0 spiro atoms. The summed E-state index contributed by atoms with van der Waals surface area (Å²) in [5, 5.41) is 0.698. The first-order valence-corrected chi connectivity index (χ1v) is 10.6. The Morgan fingerprint density at radius 1 is 0.853 bits per heavy atom. The number of hydrogen-bond donors (Lipinski definition) is 0. The van der Waals surface area contributed by atoms with Gasteiger partial charge in [0, 0.05) is 12.4 Å². The SMILES string of the molecule is COc1ccc(-n2c(=O)c3c(c4cc(OC)ccc4n3C)n(Cc3cccc(F)c3)c2=O)cc1. The van der Waals surface area contributed by atoms with Crippen LogP contribution in [0.1, 0.15) is 5.56 Å². The molecule has 0 bridgehead atoms. The molecule has 0 unspecified atom stereocenters. The third-order valence-corrected chi connectivity index (χ3v) is 6.04. The van der Waals surface area contributed by atoms with E-state index in [0.717, 1.165) is 10.1 Å². The van der Waals surface area contributed by atoms with Crippen LogP contribution >= 0.6 is 0 Å². The highest BCUT2D eigenvalue weighted by Gasteiger charge is 2.22. The lowest BCUT2D eigenvalue weighted by Crippen LogP contribution is -2.39. The number of hydrogen-bond acceptors (Lipinski definition) is 4. The van der Waals surface area contributed by atoms with E-state index in [4.69, 9.17) is 9.47 Å². The van der Waals surface area contributed by atoms with Gasteiger partial charge in [0.25, 0.3) is 5.56 Å². The van der Waals surface area contributed by atoms with E-state index in [1.807, 2.05) is 6.07 Å². The summed E-state index contributed by atoms with van der Waals surface area (Å²) < 4.78 is 29.0. The number of fused-ring (bicyclic) bond motifs is 3. The second-order valence-electron chi connectivity index (χ2n) is 7.98. The maximum Gasteiger partial charge on any atom is 0.336 e. The van der Waals surface area contributed by atoms with Crippen molar-refractivity contribution in [3.63, 3.8) is 0 Å². The maximum absolute atomic E-state index is 13.9. The second kappa shape index (κ2) is 8.22. The lowest BCUT2D eigenvalue weighted by molar-refractivity contribution is 0.414. The molecule has 0 radical (unpaired) electrons. The van der Waals surface area contributed by atoms with Gasteiger partial charge in [0.05, 0.1) is 37.5 Å². The molecule has 5 aromatic rings. The van der Waals surface area contributed by atoms with E-state index in [-0.39, 0.29) is 6.54 Å². The van der Waals surface area contributed by atoms with Crippen LogP contribution in [0.25, 0.3) is 27.6 Å². The Hall–Kier alpha value is -4.33. The summed E-state index contributed by atoms with van der Waals surface area (Å²) in [5.74, 6) is 0.809. The average molecular weight is 459 g/mol. The third kappa shape index (κ3) is 3.35. The van der Waals surface area contributed by atoms with Gasteiger partial charge in [-0.3, -0.25) is 9.36 Å². The van der Waals surface area contributed by atoms with E-state index < -0.39 is 17.1 Å². The van der Waals surface area contributed by atoms with Crippen LogP contribution < -0.4 is 20.7 Å². The molecular formula is C26H22FN3O4. The molecule has 2 heterocycles. The molecule has 2 aromatic heterocycles. The molecule has 0 amide bonds. The van der Waals surface area contributed by atoms with Gasteiger partial charge in [-0.2, -0.15) is 0 Å². The van der Waals surface area contributed by atoms with Gasteiger partial charge >= 0.3 is 5.69 Å². The zero-order chi connectivity index (χ0) is 24.0. The molecular weight excluding hydrogens is 437 g/mol. The van der Waals surface area contributed by atoms with E-state index in [1.54, 1.807) is 74.4 Å². The lowest BCUT2D eigenvalue weighted by Gasteiger charge is -2.14. The van der Waals surface area contributed by atoms with Crippen molar-refractivity contribution in [3.05, 3.63) is 98.9 Å². The van der Waals surface area contributed by atoms with Crippen molar-refractivity contribution in [1.29, 1.82) is 0 Å². The molecule has 3 aromatic carbocycles. The molecule has 0 saturated heterocycles. The van der Waals surface area contributed by atoms with Gasteiger partial charge in [-0.15, -0.1) is 0 Å². The van der Waals surface area contributed by atoms with Crippen molar-refractivity contribution >= 4 is 21.9 Å². The number of aromatic nitrogens is 3. The van der Waals surface area contributed by atoms with Gasteiger partial charge in [-0.05, 0) is 60.2 Å². The summed E-state index contributed by atoms with van der Waals surface area (Å²) in [6.45, 7) is 0.0832. The average Bonchev–Trinajstić information content (AvgIpc) is 3.14. The number of aryl methyl sites for hydroxylation is 1. The van der Waals surface area contributed by atoms with Crippen molar-refractivity contribution in [2.24, 2.45) is 7.05 Å². The quantitative estimate of drug-likeness (QED) is 0.401.